The SMILES string of the molecule is CN1CCN(C(=O)[C@@H]2[C@@H](C=C(Cl)Cl)C2(C)C)CC1. The lowest BCUT2D eigenvalue weighted by atomic mass is 10.1. The third-order valence-corrected chi connectivity index (χ3v) is 4.55. The number of rotatable bonds is 2. The van der Waals surface area contributed by atoms with E-state index in [0.29, 0.717) is 0 Å². The minimum Gasteiger partial charge on any atom is -0.340 e. The Morgan fingerprint density at radius 3 is 2.28 bits per heavy atom. The highest BCUT2D eigenvalue weighted by molar-refractivity contribution is 6.55. The zero-order valence-corrected chi connectivity index (χ0v) is 12.6. The maximum absolute atomic E-state index is 12.5. The molecule has 1 saturated heterocycles. The maximum Gasteiger partial charge on any atom is 0.226 e. The summed E-state index contributed by atoms with van der Waals surface area (Å²) < 4.78 is 0.266. The molecule has 5 heteroatoms. The van der Waals surface area contributed by atoms with Gasteiger partial charge in [-0.25, -0.2) is 0 Å². The minimum absolute atomic E-state index is 0.0184. The number of halogens is 2. The molecule has 3 nitrogen and oxygen atoms in total. The van der Waals surface area contributed by atoms with Crippen molar-refractivity contribution >= 4 is 29.1 Å². The Bertz CT molecular complexity index is 369. The molecule has 2 rings (SSSR count). The summed E-state index contributed by atoms with van der Waals surface area (Å²) in [5.41, 5.74) is -0.0184. The van der Waals surface area contributed by atoms with Crippen LogP contribution in [0, 0.1) is 17.3 Å². The van der Waals surface area contributed by atoms with Crippen LogP contribution in [0.5, 0.6) is 0 Å². The lowest BCUT2D eigenvalue weighted by Crippen LogP contribution is -2.48. The highest BCUT2D eigenvalue weighted by atomic mass is 35.5. The second-order valence-corrected chi connectivity index (χ2v) is 6.92. The molecular weight excluding hydrogens is 271 g/mol. The normalized spacial score (nSPS) is 31.1. The van der Waals surface area contributed by atoms with E-state index in [4.69, 9.17) is 23.2 Å². The first-order chi connectivity index (χ1) is 8.34. The molecule has 0 unspecified atom stereocenters. The molecule has 1 heterocycles. The number of amides is 1. The average Bonchev–Trinajstić information content (AvgIpc) is 2.79. The number of nitrogens with zero attached hydrogens (tertiary/aromatic N) is 2. The van der Waals surface area contributed by atoms with E-state index in [0.717, 1.165) is 26.2 Å². The number of hydrogen-bond donors (Lipinski definition) is 0. The van der Waals surface area contributed by atoms with E-state index in [1.807, 2.05) is 11.0 Å². The average molecular weight is 291 g/mol. The summed E-state index contributed by atoms with van der Waals surface area (Å²) in [7, 11) is 2.09. The van der Waals surface area contributed by atoms with Gasteiger partial charge in [0.15, 0.2) is 0 Å². The Kier molecular flexibility index (Phi) is 3.96. The first kappa shape index (κ1) is 14.2. The number of piperazine rings is 1. The topological polar surface area (TPSA) is 23.6 Å². The predicted molar refractivity (Wildman–Crippen MR) is 74.6 cm³/mol. The second kappa shape index (κ2) is 5.03. The van der Waals surface area contributed by atoms with Gasteiger partial charge in [0.05, 0.1) is 5.92 Å². The van der Waals surface area contributed by atoms with Gasteiger partial charge in [-0.05, 0) is 24.5 Å². The fraction of sp³-hybridized carbons (Fsp3) is 0.769. The molecule has 2 aliphatic rings. The number of likely N-dealkylation sites (N-methyl/N-ethyl adjacent to an activating group) is 1. The molecule has 2 fully saturated rings. The van der Waals surface area contributed by atoms with Gasteiger partial charge in [-0.2, -0.15) is 0 Å². The van der Waals surface area contributed by atoms with E-state index in [1.54, 1.807) is 0 Å². The number of hydrogen-bond acceptors (Lipinski definition) is 2. The van der Waals surface area contributed by atoms with Crippen molar-refractivity contribution in [2.24, 2.45) is 17.3 Å². The first-order valence-corrected chi connectivity index (χ1v) is 7.10. The molecular formula is C13H20Cl2N2O. The number of carbonyl (C=O) groups excluding carboxylic acids is 1. The van der Waals surface area contributed by atoms with Gasteiger partial charge in [0.1, 0.15) is 4.49 Å². The largest absolute Gasteiger partial charge is 0.340 e. The van der Waals surface area contributed by atoms with Crippen LogP contribution in [-0.2, 0) is 4.79 Å². The monoisotopic (exact) mass is 290 g/mol. The molecule has 0 aromatic heterocycles. The van der Waals surface area contributed by atoms with Crippen molar-refractivity contribution in [2.45, 2.75) is 13.8 Å². The standard InChI is InChI=1S/C13H20Cl2N2O/c1-13(2)9(8-10(14)15)11(13)12(18)17-6-4-16(3)5-7-17/h8-9,11H,4-7H2,1-3H3/t9-,11+/m1/s1. The first-order valence-electron chi connectivity index (χ1n) is 6.34. The zero-order valence-electron chi connectivity index (χ0n) is 11.1. The lowest BCUT2D eigenvalue weighted by molar-refractivity contribution is -0.135. The quantitative estimate of drug-likeness (QED) is 0.779. The molecule has 0 aromatic carbocycles. The third kappa shape index (κ3) is 2.68. The van der Waals surface area contributed by atoms with Gasteiger partial charge in [0.25, 0.3) is 0 Å². The molecule has 0 N–H and O–H groups in total. The van der Waals surface area contributed by atoms with Gasteiger partial charge >= 0.3 is 0 Å². The Morgan fingerprint density at radius 1 is 1.22 bits per heavy atom. The summed E-state index contributed by atoms with van der Waals surface area (Å²) in [4.78, 5) is 16.7. The van der Waals surface area contributed by atoms with Crippen molar-refractivity contribution < 1.29 is 4.79 Å². The van der Waals surface area contributed by atoms with Crippen molar-refractivity contribution in [3.63, 3.8) is 0 Å². The number of carbonyl (C=O) groups is 1. The fourth-order valence-electron chi connectivity index (χ4n) is 2.82. The number of allylic oxidation sites excluding steroid dienone is 1. The molecule has 0 aromatic rings. The molecule has 0 bridgehead atoms. The highest BCUT2D eigenvalue weighted by Gasteiger charge is 2.61. The Morgan fingerprint density at radius 2 is 1.78 bits per heavy atom. The van der Waals surface area contributed by atoms with Crippen LogP contribution in [0.2, 0.25) is 0 Å². The molecule has 1 aliphatic heterocycles. The maximum atomic E-state index is 12.5. The molecule has 1 saturated carbocycles. The van der Waals surface area contributed by atoms with Crippen LogP contribution >= 0.6 is 23.2 Å². The van der Waals surface area contributed by atoms with Crippen LogP contribution < -0.4 is 0 Å². The van der Waals surface area contributed by atoms with Crippen LogP contribution in [0.15, 0.2) is 10.6 Å². The summed E-state index contributed by atoms with van der Waals surface area (Å²) in [6.07, 6.45) is 1.81. The van der Waals surface area contributed by atoms with E-state index in [-0.39, 0.29) is 27.6 Å². The smallest absolute Gasteiger partial charge is 0.226 e. The molecule has 0 spiro atoms. The van der Waals surface area contributed by atoms with E-state index in [2.05, 4.69) is 25.8 Å². The van der Waals surface area contributed by atoms with E-state index < -0.39 is 0 Å². The Hall–Kier alpha value is -0.250. The van der Waals surface area contributed by atoms with Gasteiger partial charge < -0.3 is 9.80 Å². The van der Waals surface area contributed by atoms with Crippen LogP contribution in [0.25, 0.3) is 0 Å². The van der Waals surface area contributed by atoms with E-state index in [9.17, 15) is 4.79 Å². The van der Waals surface area contributed by atoms with Crippen molar-refractivity contribution in [3.05, 3.63) is 10.6 Å². The highest BCUT2D eigenvalue weighted by Crippen LogP contribution is 2.60. The van der Waals surface area contributed by atoms with Crippen LogP contribution in [-0.4, -0.2) is 48.9 Å². The van der Waals surface area contributed by atoms with Gasteiger partial charge in [0, 0.05) is 26.2 Å². The summed E-state index contributed by atoms with van der Waals surface area (Å²) in [5.74, 6) is 0.465. The molecule has 18 heavy (non-hydrogen) atoms. The summed E-state index contributed by atoms with van der Waals surface area (Å²) in [5, 5.41) is 0. The summed E-state index contributed by atoms with van der Waals surface area (Å²) >= 11 is 11.4. The van der Waals surface area contributed by atoms with Crippen molar-refractivity contribution in [3.8, 4) is 0 Å². The van der Waals surface area contributed by atoms with Crippen LogP contribution in [0.1, 0.15) is 13.8 Å². The summed E-state index contributed by atoms with van der Waals surface area (Å²) in [6.45, 7) is 7.76. The van der Waals surface area contributed by atoms with Gasteiger partial charge in [-0.1, -0.05) is 37.0 Å². The Balaban J connectivity index is 2.00. The van der Waals surface area contributed by atoms with E-state index >= 15 is 0 Å². The fourth-order valence-corrected chi connectivity index (χ4v) is 3.09. The summed E-state index contributed by atoms with van der Waals surface area (Å²) in [6, 6.07) is 0. The van der Waals surface area contributed by atoms with Crippen LogP contribution in [0.4, 0.5) is 0 Å². The molecule has 102 valence electrons. The minimum atomic E-state index is -0.0184. The zero-order chi connectivity index (χ0) is 13.5. The van der Waals surface area contributed by atoms with Crippen molar-refractivity contribution in [2.75, 3.05) is 33.2 Å². The third-order valence-electron chi connectivity index (χ3n) is 4.30. The lowest BCUT2D eigenvalue weighted by Gasteiger charge is -2.32. The van der Waals surface area contributed by atoms with Crippen molar-refractivity contribution in [1.29, 1.82) is 0 Å². The van der Waals surface area contributed by atoms with Gasteiger partial charge in [0.2, 0.25) is 5.91 Å². The van der Waals surface area contributed by atoms with Crippen molar-refractivity contribution in [1.82, 2.24) is 9.80 Å². The van der Waals surface area contributed by atoms with Gasteiger partial charge in [-0.3, -0.25) is 4.79 Å². The predicted octanol–water partition coefficient (Wildman–Crippen LogP) is 2.35. The Labute approximate surface area is 119 Å². The van der Waals surface area contributed by atoms with E-state index in [1.165, 1.54) is 0 Å². The molecule has 2 atom stereocenters. The molecule has 1 amide bonds. The molecule has 1 aliphatic carbocycles. The van der Waals surface area contributed by atoms with Crippen LogP contribution in [0.3, 0.4) is 0 Å². The van der Waals surface area contributed by atoms with Gasteiger partial charge in [-0.15, -0.1) is 0 Å². The molecule has 0 radical (unpaired) electrons. The second-order valence-electron chi connectivity index (χ2n) is 5.91.